The Kier molecular flexibility index (Phi) is 3.55. The highest BCUT2D eigenvalue weighted by molar-refractivity contribution is 5.91. The number of esters is 1. The predicted octanol–water partition coefficient (Wildman–Crippen LogP) is 3.47. The lowest BCUT2D eigenvalue weighted by Gasteiger charge is -2.04. The van der Waals surface area contributed by atoms with Crippen molar-refractivity contribution in [3.63, 3.8) is 0 Å². The first-order valence-corrected chi connectivity index (χ1v) is 5.66. The molecule has 0 unspecified atom stereocenters. The standard InChI is InChI=1S/C15H14O2/c1-2-12-8-10-13(11-9-12)15(16)17-14-6-4-3-5-7-14/h3-11H,2H2,1H3. The fourth-order valence-corrected chi connectivity index (χ4v) is 1.53. The van der Waals surface area contributed by atoms with Crippen LogP contribution in [0.15, 0.2) is 54.6 Å². The summed E-state index contributed by atoms with van der Waals surface area (Å²) in [6.07, 6.45) is 0.966. The largest absolute Gasteiger partial charge is 0.423 e. The van der Waals surface area contributed by atoms with Gasteiger partial charge in [0.15, 0.2) is 0 Å². The van der Waals surface area contributed by atoms with Gasteiger partial charge in [-0.1, -0.05) is 37.3 Å². The van der Waals surface area contributed by atoms with Crippen LogP contribution in [0.3, 0.4) is 0 Å². The van der Waals surface area contributed by atoms with Gasteiger partial charge in [0.2, 0.25) is 0 Å². The molecule has 2 heteroatoms. The normalized spacial score (nSPS) is 9.94. The van der Waals surface area contributed by atoms with Crippen LogP contribution in [0, 0.1) is 0 Å². The summed E-state index contributed by atoms with van der Waals surface area (Å²) in [4.78, 5) is 11.8. The van der Waals surface area contributed by atoms with E-state index in [1.165, 1.54) is 5.56 Å². The van der Waals surface area contributed by atoms with E-state index in [4.69, 9.17) is 4.74 Å². The number of hydrogen-bond acceptors (Lipinski definition) is 2. The molecular weight excluding hydrogens is 212 g/mol. The highest BCUT2D eigenvalue weighted by atomic mass is 16.5. The van der Waals surface area contributed by atoms with Crippen molar-refractivity contribution in [1.29, 1.82) is 0 Å². The quantitative estimate of drug-likeness (QED) is 0.591. The van der Waals surface area contributed by atoms with Crippen LogP contribution < -0.4 is 4.74 Å². The second-order valence-corrected chi connectivity index (χ2v) is 3.75. The van der Waals surface area contributed by atoms with E-state index in [9.17, 15) is 4.79 Å². The van der Waals surface area contributed by atoms with Crippen LogP contribution in [-0.2, 0) is 6.42 Å². The highest BCUT2D eigenvalue weighted by Crippen LogP contribution is 2.12. The summed E-state index contributed by atoms with van der Waals surface area (Å²) in [7, 11) is 0. The third-order valence-corrected chi connectivity index (χ3v) is 2.55. The molecule has 2 rings (SSSR count). The monoisotopic (exact) mass is 226 g/mol. The maximum absolute atomic E-state index is 11.8. The Morgan fingerprint density at radius 3 is 2.24 bits per heavy atom. The Hall–Kier alpha value is -2.09. The zero-order valence-electron chi connectivity index (χ0n) is 9.72. The van der Waals surface area contributed by atoms with Gasteiger partial charge in [-0.2, -0.15) is 0 Å². The molecule has 2 aromatic rings. The van der Waals surface area contributed by atoms with Gasteiger partial charge in [-0.05, 0) is 36.2 Å². The lowest BCUT2D eigenvalue weighted by Crippen LogP contribution is -2.08. The molecule has 0 fully saturated rings. The van der Waals surface area contributed by atoms with Crippen molar-refractivity contribution in [3.05, 3.63) is 65.7 Å². The molecule has 0 spiro atoms. The van der Waals surface area contributed by atoms with Crippen molar-refractivity contribution in [2.45, 2.75) is 13.3 Å². The number of aryl methyl sites for hydroxylation is 1. The van der Waals surface area contributed by atoms with E-state index in [1.54, 1.807) is 24.3 Å². The molecule has 0 aromatic heterocycles. The smallest absolute Gasteiger partial charge is 0.343 e. The maximum atomic E-state index is 11.8. The van der Waals surface area contributed by atoms with E-state index >= 15 is 0 Å². The minimum absolute atomic E-state index is 0.321. The lowest BCUT2D eigenvalue weighted by molar-refractivity contribution is 0.0735. The van der Waals surface area contributed by atoms with Crippen LogP contribution in [0.2, 0.25) is 0 Å². The first-order chi connectivity index (χ1) is 8.29. The molecule has 0 radical (unpaired) electrons. The first kappa shape index (κ1) is 11.4. The highest BCUT2D eigenvalue weighted by Gasteiger charge is 2.07. The van der Waals surface area contributed by atoms with Crippen molar-refractivity contribution in [1.82, 2.24) is 0 Å². The average Bonchev–Trinajstić information content (AvgIpc) is 2.40. The molecule has 0 saturated carbocycles. The summed E-state index contributed by atoms with van der Waals surface area (Å²) >= 11 is 0. The van der Waals surface area contributed by atoms with E-state index in [1.807, 2.05) is 30.3 Å². The third-order valence-electron chi connectivity index (χ3n) is 2.55. The molecule has 0 aliphatic heterocycles. The van der Waals surface area contributed by atoms with Crippen LogP contribution >= 0.6 is 0 Å². The Labute approximate surface area is 101 Å². The molecule has 0 aliphatic carbocycles. The van der Waals surface area contributed by atoms with Gasteiger partial charge in [0.25, 0.3) is 0 Å². The van der Waals surface area contributed by atoms with Crippen molar-refractivity contribution in [3.8, 4) is 5.75 Å². The van der Waals surface area contributed by atoms with Gasteiger partial charge < -0.3 is 4.74 Å². The van der Waals surface area contributed by atoms with Gasteiger partial charge in [0.1, 0.15) is 5.75 Å². The van der Waals surface area contributed by atoms with Crippen molar-refractivity contribution in [2.75, 3.05) is 0 Å². The number of benzene rings is 2. The molecule has 0 bridgehead atoms. The summed E-state index contributed by atoms with van der Waals surface area (Å²) in [5.41, 5.74) is 1.78. The maximum Gasteiger partial charge on any atom is 0.343 e. The van der Waals surface area contributed by atoms with Gasteiger partial charge in [0, 0.05) is 0 Å². The molecule has 2 nitrogen and oxygen atoms in total. The summed E-state index contributed by atoms with van der Waals surface area (Å²) in [5.74, 6) is 0.246. The number of carbonyl (C=O) groups excluding carboxylic acids is 1. The van der Waals surface area contributed by atoms with Gasteiger partial charge in [-0.3, -0.25) is 0 Å². The minimum atomic E-state index is -0.321. The summed E-state index contributed by atoms with van der Waals surface area (Å²) in [5, 5.41) is 0. The molecule has 17 heavy (non-hydrogen) atoms. The Bertz CT molecular complexity index is 486. The molecular formula is C15H14O2. The van der Waals surface area contributed by atoms with E-state index in [-0.39, 0.29) is 5.97 Å². The van der Waals surface area contributed by atoms with Crippen LogP contribution in [0.25, 0.3) is 0 Å². The zero-order valence-corrected chi connectivity index (χ0v) is 9.72. The second-order valence-electron chi connectivity index (χ2n) is 3.75. The van der Waals surface area contributed by atoms with Gasteiger partial charge >= 0.3 is 5.97 Å². The second kappa shape index (κ2) is 5.30. The van der Waals surface area contributed by atoms with E-state index in [2.05, 4.69) is 6.92 Å². The molecule has 0 heterocycles. The third kappa shape index (κ3) is 2.94. The van der Waals surface area contributed by atoms with Crippen LogP contribution in [-0.4, -0.2) is 5.97 Å². The van der Waals surface area contributed by atoms with Crippen molar-refractivity contribution < 1.29 is 9.53 Å². The summed E-state index contributed by atoms with van der Waals surface area (Å²) in [6, 6.07) is 16.6. The molecule has 86 valence electrons. The Morgan fingerprint density at radius 1 is 1.00 bits per heavy atom. The van der Waals surface area contributed by atoms with Crippen molar-refractivity contribution >= 4 is 5.97 Å². The van der Waals surface area contributed by atoms with E-state index in [0.717, 1.165) is 6.42 Å². The predicted molar refractivity (Wildman–Crippen MR) is 67.2 cm³/mol. The lowest BCUT2D eigenvalue weighted by atomic mass is 10.1. The fourth-order valence-electron chi connectivity index (χ4n) is 1.53. The number of rotatable bonds is 3. The SMILES string of the molecule is CCc1ccc(C(=O)Oc2ccccc2)cc1. The zero-order chi connectivity index (χ0) is 12.1. The average molecular weight is 226 g/mol. The van der Waals surface area contributed by atoms with Crippen LogP contribution in [0.1, 0.15) is 22.8 Å². The first-order valence-electron chi connectivity index (χ1n) is 5.66. The van der Waals surface area contributed by atoms with Crippen LogP contribution in [0.4, 0.5) is 0 Å². The van der Waals surface area contributed by atoms with Gasteiger partial charge in [-0.25, -0.2) is 4.79 Å². The topological polar surface area (TPSA) is 26.3 Å². The molecule has 2 aromatic carbocycles. The Morgan fingerprint density at radius 2 is 1.65 bits per heavy atom. The minimum Gasteiger partial charge on any atom is -0.423 e. The van der Waals surface area contributed by atoms with Gasteiger partial charge in [-0.15, -0.1) is 0 Å². The van der Waals surface area contributed by atoms with Gasteiger partial charge in [0.05, 0.1) is 5.56 Å². The van der Waals surface area contributed by atoms with E-state index < -0.39 is 0 Å². The number of hydrogen-bond donors (Lipinski definition) is 0. The number of carbonyl (C=O) groups is 1. The van der Waals surface area contributed by atoms with E-state index in [0.29, 0.717) is 11.3 Å². The number of ether oxygens (including phenoxy) is 1. The molecule has 0 amide bonds. The summed E-state index contributed by atoms with van der Waals surface area (Å²) < 4.78 is 5.23. The van der Waals surface area contributed by atoms with Crippen molar-refractivity contribution in [2.24, 2.45) is 0 Å². The molecule has 0 atom stereocenters. The molecule has 0 saturated heterocycles. The fraction of sp³-hybridized carbons (Fsp3) is 0.133. The molecule has 0 N–H and O–H groups in total. The van der Waals surface area contributed by atoms with Crippen LogP contribution in [0.5, 0.6) is 5.75 Å². The number of para-hydroxylation sites is 1. The molecule has 0 aliphatic rings. The Balaban J connectivity index is 2.09. The summed E-state index contributed by atoms with van der Waals surface area (Å²) in [6.45, 7) is 2.08.